The molecule has 0 aromatic heterocycles. The molecule has 15 heavy (non-hydrogen) atoms. The molecular weight excluding hydrogens is 192 g/mol. The standard InChI is InChI=1S/C12H14O3/c1-7-5-8(2)11(10(14)6-13)12(15-4)9(7)3/h5-6H,1-4H3. The molecule has 0 amide bonds. The number of benzene rings is 1. The molecule has 0 N–H and O–H groups in total. The first-order chi connectivity index (χ1) is 7.02. The molecule has 3 nitrogen and oxygen atoms in total. The number of carbonyl (C=O) groups is 2. The topological polar surface area (TPSA) is 43.4 Å². The van der Waals surface area contributed by atoms with E-state index in [0.717, 1.165) is 16.7 Å². The summed E-state index contributed by atoms with van der Waals surface area (Å²) in [6, 6.07) is 1.88. The van der Waals surface area contributed by atoms with Crippen molar-refractivity contribution < 1.29 is 14.3 Å². The van der Waals surface area contributed by atoms with E-state index in [9.17, 15) is 9.59 Å². The van der Waals surface area contributed by atoms with E-state index in [1.54, 1.807) is 6.92 Å². The van der Waals surface area contributed by atoms with Gasteiger partial charge in [-0.2, -0.15) is 0 Å². The van der Waals surface area contributed by atoms with Gasteiger partial charge in [0.25, 0.3) is 0 Å². The first kappa shape index (κ1) is 11.4. The summed E-state index contributed by atoms with van der Waals surface area (Å²) >= 11 is 0. The van der Waals surface area contributed by atoms with Crippen molar-refractivity contribution in [2.45, 2.75) is 20.8 Å². The quantitative estimate of drug-likeness (QED) is 0.431. The van der Waals surface area contributed by atoms with Crippen LogP contribution in [0.15, 0.2) is 6.07 Å². The van der Waals surface area contributed by atoms with Crippen LogP contribution in [0, 0.1) is 20.8 Å². The lowest BCUT2D eigenvalue weighted by atomic mass is 9.97. The molecule has 0 radical (unpaired) electrons. The number of methoxy groups -OCH3 is 1. The third-order valence-electron chi connectivity index (χ3n) is 2.54. The summed E-state index contributed by atoms with van der Waals surface area (Å²) in [5.74, 6) is -0.0305. The van der Waals surface area contributed by atoms with Crippen molar-refractivity contribution in [3.05, 3.63) is 28.3 Å². The number of aldehydes is 1. The number of ether oxygens (including phenoxy) is 1. The Bertz CT molecular complexity index is 419. The zero-order chi connectivity index (χ0) is 11.6. The SMILES string of the molecule is COc1c(C)c(C)cc(C)c1C(=O)C=O. The van der Waals surface area contributed by atoms with Gasteiger partial charge in [0.05, 0.1) is 12.7 Å². The molecule has 1 rings (SSSR count). The minimum absolute atomic E-state index is 0.319. The molecule has 0 aliphatic rings. The summed E-state index contributed by atoms with van der Waals surface area (Å²) < 4.78 is 5.18. The van der Waals surface area contributed by atoms with Crippen LogP contribution in [0.3, 0.4) is 0 Å². The second-order valence-electron chi connectivity index (χ2n) is 3.53. The fourth-order valence-corrected chi connectivity index (χ4v) is 1.67. The van der Waals surface area contributed by atoms with Crippen molar-refractivity contribution >= 4 is 12.1 Å². The number of ketones is 1. The third-order valence-corrected chi connectivity index (χ3v) is 2.54. The van der Waals surface area contributed by atoms with Gasteiger partial charge in [0, 0.05) is 0 Å². The molecule has 0 saturated heterocycles. The Hall–Kier alpha value is -1.64. The Balaban J connectivity index is 3.55. The fraction of sp³-hybridized carbons (Fsp3) is 0.333. The van der Waals surface area contributed by atoms with Crippen LogP contribution in [0.1, 0.15) is 27.0 Å². The predicted molar refractivity (Wildman–Crippen MR) is 57.6 cm³/mol. The highest BCUT2D eigenvalue weighted by Crippen LogP contribution is 2.29. The van der Waals surface area contributed by atoms with Gasteiger partial charge in [-0.3, -0.25) is 9.59 Å². The van der Waals surface area contributed by atoms with Crippen molar-refractivity contribution in [1.29, 1.82) is 0 Å². The van der Waals surface area contributed by atoms with E-state index in [4.69, 9.17) is 4.74 Å². The van der Waals surface area contributed by atoms with Crippen LogP contribution in [-0.4, -0.2) is 19.2 Å². The van der Waals surface area contributed by atoms with Crippen molar-refractivity contribution in [3.63, 3.8) is 0 Å². The van der Waals surface area contributed by atoms with Gasteiger partial charge in [0.1, 0.15) is 5.75 Å². The Kier molecular flexibility index (Phi) is 3.24. The monoisotopic (exact) mass is 206 g/mol. The third kappa shape index (κ3) is 1.91. The van der Waals surface area contributed by atoms with Gasteiger partial charge in [-0.25, -0.2) is 0 Å². The molecule has 1 aromatic carbocycles. The van der Waals surface area contributed by atoms with E-state index in [-0.39, 0.29) is 0 Å². The molecular formula is C12H14O3. The van der Waals surface area contributed by atoms with Crippen molar-refractivity contribution in [1.82, 2.24) is 0 Å². The average Bonchev–Trinajstić information content (AvgIpc) is 2.21. The second kappa shape index (κ2) is 4.26. The zero-order valence-electron chi connectivity index (χ0n) is 9.38. The van der Waals surface area contributed by atoms with Crippen molar-refractivity contribution in [2.75, 3.05) is 7.11 Å². The lowest BCUT2D eigenvalue weighted by molar-refractivity contribution is -0.104. The maximum absolute atomic E-state index is 11.4. The normalized spacial score (nSPS) is 9.87. The summed E-state index contributed by atoms with van der Waals surface area (Å²) in [6.45, 7) is 5.61. The molecule has 1 aromatic rings. The van der Waals surface area contributed by atoms with Gasteiger partial charge < -0.3 is 4.74 Å². The van der Waals surface area contributed by atoms with Crippen LogP contribution in [0.2, 0.25) is 0 Å². The highest BCUT2D eigenvalue weighted by molar-refractivity contribution is 6.34. The molecule has 0 bridgehead atoms. The Morgan fingerprint density at radius 2 is 1.87 bits per heavy atom. The number of rotatable bonds is 3. The molecule has 0 saturated carbocycles. The van der Waals surface area contributed by atoms with E-state index >= 15 is 0 Å². The van der Waals surface area contributed by atoms with Crippen LogP contribution < -0.4 is 4.74 Å². The molecule has 0 spiro atoms. The summed E-state index contributed by atoms with van der Waals surface area (Å²) in [7, 11) is 1.50. The van der Waals surface area contributed by atoms with Crippen molar-refractivity contribution in [3.8, 4) is 5.75 Å². The van der Waals surface area contributed by atoms with E-state index in [0.29, 0.717) is 17.6 Å². The van der Waals surface area contributed by atoms with Crippen LogP contribution in [0.4, 0.5) is 0 Å². The second-order valence-corrected chi connectivity index (χ2v) is 3.53. The van der Waals surface area contributed by atoms with Crippen molar-refractivity contribution in [2.24, 2.45) is 0 Å². The molecule has 80 valence electrons. The van der Waals surface area contributed by atoms with Gasteiger partial charge >= 0.3 is 0 Å². The Labute approximate surface area is 89.1 Å². The average molecular weight is 206 g/mol. The number of hydrogen-bond donors (Lipinski definition) is 0. The van der Waals surface area contributed by atoms with Crippen LogP contribution in [0.25, 0.3) is 0 Å². The highest BCUT2D eigenvalue weighted by atomic mass is 16.5. The van der Waals surface area contributed by atoms with E-state index < -0.39 is 5.78 Å². The summed E-state index contributed by atoms with van der Waals surface area (Å²) in [6.07, 6.45) is 0.319. The van der Waals surface area contributed by atoms with Gasteiger partial charge in [-0.05, 0) is 37.5 Å². The number of hydrogen-bond acceptors (Lipinski definition) is 3. The van der Waals surface area contributed by atoms with Gasteiger partial charge in [0.15, 0.2) is 6.29 Å². The predicted octanol–water partition coefficient (Wildman–Crippen LogP) is 2.00. The van der Waals surface area contributed by atoms with Crippen LogP contribution in [0.5, 0.6) is 5.75 Å². The summed E-state index contributed by atoms with van der Waals surface area (Å²) in [4.78, 5) is 21.9. The van der Waals surface area contributed by atoms with E-state index in [1.165, 1.54) is 7.11 Å². The molecule has 0 unspecified atom stereocenters. The molecule has 0 aliphatic heterocycles. The smallest absolute Gasteiger partial charge is 0.229 e. The fourth-order valence-electron chi connectivity index (χ4n) is 1.67. The molecule has 0 aliphatic carbocycles. The first-order valence-electron chi connectivity index (χ1n) is 4.67. The number of aryl methyl sites for hydroxylation is 2. The minimum Gasteiger partial charge on any atom is -0.496 e. The van der Waals surface area contributed by atoms with Gasteiger partial charge in [-0.1, -0.05) is 6.07 Å². The van der Waals surface area contributed by atoms with E-state index in [1.807, 2.05) is 19.9 Å². The number of carbonyl (C=O) groups excluding carboxylic acids is 2. The first-order valence-corrected chi connectivity index (χ1v) is 4.67. The lowest BCUT2D eigenvalue weighted by Gasteiger charge is -2.13. The van der Waals surface area contributed by atoms with Gasteiger partial charge in [-0.15, -0.1) is 0 Å². The molecule has 0 heterocycles. The maximum Gasteiger partial charge on any atom is 0.229 e. The molecule has 0 fully saturated rings. The Morgan fingerprint density at radius 1 is 1.27 bits per heavy atom. The van der Waals surface area contributed by atoms with E-state index in [2.05, 4.69) is 0 Å². The largest absolute Gasteiger partial charge is 0.496 e. The minimum atomic E-state index is -0.535. The number of Topliss-reactive ketones (excluding diaryl/α,β-unsaturated/α-hetero) is 1. The lowest BCUT2D eigenvalue weighted by Crippen LogP contribution is -2.08. The molecule has 0 atom stereocenters. The zero-order valence-corrected chi connectivity index (χ0v) is 9.38. The molecule has 3 heteroatoms. The maximum atomic E-state index is 11.4. The van der Waals surface area contributed by atoms with Gasteiger partial charge in [0.2, 0.25) is 5.78 Å². The highest BCUT2D eigenvalue weighted by Gasteiger charge is 2.17. The van der Waals surface area contributed by atoms with Crippen LogP contribution in [-0.2, 0) is 4.79 Å². The Morgan fingerprint density at radius 3 is 2.33 bits per heavy atom. The summed E-state index contributed by atoms with van der Waals surface area (Å²) in [5, 5.41) is 0. The van der Waals surface area contributed by atoms with Crippen LogP contribution >= 0.6 is 0 Å². The summed E-state index contributed by atoms with van der Waals surface area (Å²) in [5.41, 5.74) is 3.09.